The Hall–Kier alpha value is -6.86. The largest absolute Gasteiger partial charge is 0.416 e. The second-order valence-electron chi connectivity index (χ2n) is 10.7. The molecule has 3 aromatic carbocycles. The van der Waals surface area contributed by atoms with Crippen LogP contribution >= 0.6 is 0 Å². The van der Waals surface area contributed by atoms with E-state index in [2.05, 4.69) is 14.5 Å². The number of rotatable bonds is 2. The third-order valence-electron chi connectivity index (χ3n) is 7.73. The highest BCUT2D eigenvalue weighted by Crippen LogP contribution is 2.55. The second-order valence-corrected chi connectivity index (χ2v) is 10.7. The summed E-state index contributed by atoms with van der Waals surface area (Å²) in [5.74, 6) is 0. The number of nitrogens with zero attached hydrogens (tertiary/aromatic N) is 6. The molecule has 12 heteroatoms. The van der Waals surface area contributed by atoms with E-state index in [1.165, 1.54) is 12.1 Å². The molecule has 0 radical (unpaired) electrons. The first-order valence-corrected chi connectivity index (χ1v) is 13.5. The Morgan fingerprint density at radius 1 is 0.604 bits per heavy atom. The summed E-state index contributed by atoms with van der Waals surface area (Å²) in [6, 6.07) is 14.0. The van der Waals surface area contributed by atoms with Gasteiger partial charge in [0.1, 0.15) is 6.07 Å². The van der Waals surface area contributed by atoms with Crippen molar-refractivity contribution in [3.8, 4) is 18.2 Å². The quantitative estimate of drug-likeness (QED) is 0.158. The molecule has 0 fully saturated rings. The van der Waals surface area contributed by atoms with Crippen molar-refractivity contribution < 1.29 is 26.3 Å². The maximum Gasteiger partial charge on any atom is 0.416 e. The van der Waals surface area contributed by atoms with Crippen LogP contribution in [0.4, 0.5) is 26.3 Å². The Morgan fingerprint density at radius 3 is 1.50 bits per heavy atom. The average molecular weight is 645 g/mol. The molecule has 2 aliphatic carbocycles. The van der Waals surface area contributed by atoms with Crippen LogP contribution in [0.2, 0.25) is 0 Å². The van der Waals surface area contributed by atoms with Gasteiger partial charge in [-0.05, 0) is 88.2 Å². The van der Waals surface area contributed by atoms with Crippen LogP contribution in [-0.4, -0.2) is 0 Å². The molecule has 0 aliphatic heterocycles. The molecule has 0 spiro atoms. The van der Waals surface area contributed by atoms with Gasteiger partial charge >= 0.3 is 12.4 Å². The van der Waals surface area contributed by atoms with Crippen molar-refractivity contribution in [3.63, 3.8) is 0 Å². The molecule has 5 rings (SSSR count). The number of allylic oxidation sites excluding steroid dienone is 7. The van der Waals surface area contributed by atoms with E-state index >= 15 is 0 Å². The highest BCUT2D eigenvalue weighted by molar-refractivity contribution is 6.29. The summed E-state index contributed by atoms with van der Waals surface area (Å²) in [6.07, 6.45) is -10.5. The van der Waals surface area contributed by atoms with Gasteiger partial charge in [0, 0.05) is 5.57 Å². The molecule has 0 amide bonds. The number of fused-ring (bicyclic) bond motifs is 2. The Labute approximate surface area is 269 Å². The standard InChI is InChI=1S/C36H14F6N6/c1-17-6-18(2)8-19(7-17)31-33(29(16-45)47-4)25-12-23-24(13-26(25)34(31)48-5)32(28(15-44)46-3)30(27(23)14-43)20-9-21(35(37,38)39)11-22(10-20)36(40,41)42/h6-13H,1-2H3/b32-28+,33-29?. The molecule has 0 saturated carbocycles. The smallest absolute Gasteiger partial charge is 0.237 e. The van der Waals surface area contributed by atoms with E-state index in [1.807, 2.05) is 32.1 Å². The molecule has 0 unspecified atom stereocenters. The van der Waals surface area contributed by atoms with E-state index in [1.54, 1.807) is 18.2 Å². The molecule has 0 saturated heterocycles. The van der Waals surface area contributed by atoms with Gasteiger partial charge in [-0.25, -0.2) is 25.1 Å². The van der Waals surface area contributed by atoms with Gasteiger partial charge in [0.05, 0.1) is 48.6 Å². The molecule has 48 heavy (non-hydrogen) atoms. The second kappa shape index (κ2) is 11.5. The zero-order valence-electron chi connectivity index (χ0n) is 24.6. The van der Waals surface area contributed by atoms with Gasteiger partial charge < -0.3 is 0 Å². The summed E-state index contributed by atoms with van der Waals surface area (Å²) < 4.78 is 83.1. The average Bonchev–Trinajstić information content (AvgIpc) is 3.51. The molecule has 3 aromatic rings. The molecule has 0 N–H and O–H groups in total. The van der Waals surface area contributed by atoms with E-state index in [0.717, 1.165) is 11.1 Å². The molecular formula is C36H14F6N6. The topological polar surface area (TPSA) is 84.5 Å². The lowest BCUT2D eigenvalue weighted by molar-refractivity contribution is -0.143. The molecule has 230 valence electrons. The Kier molecular flexibility index (Phi) is 7.79. The summed E-state index contributed by atoms with van der Waals surface area (Å²) in [5.41, 5.74) is -4.08. The Balaban J connectivity index is 1.95. The van der Waals surface area contributed by atoms with E-state index in [-0.39, 0.29) is 45.2 Å². The fourth-order valence-corrected chi connectivity index (χ4v) is 5.98. The highest BCUT2D eigenvalue weighted by atomic mass is 19.4. The van der Waals surface area contributed by atoms with E-state index < -0.39 is 57.2 Å². The number of benzene rings is 3. The number of aryl methyl sites for hydroxylation is 2. The normalized spacial score (nSPS) is 15.7. The molecule has 0 atom stereocenters. The van der Waals surface area contributed by atoms with Crippen molar-refractivity contribution in [2.75, 3.05) is 0 Å². The lowest BCUT2D eigenvalue weighted by Gasteiger charge is -2.16. The maximum atomic E-state index is 13.9. The minimum Gasteiger partial charge on any atom is -0.237 e. The fourth-order valence-electron chi connectivity index (χ4n) is 5.98. The molecule has 0 bridgehead atoms. The third kappa shape index (κ3) is 5.15. The summed E-state index contributed by atoms with van der Waals surface area (Å²) in [4.78, 5) is 10.2. The summed E-state index contributed by atoms with van der Waals surface area (Å²) >= 11 is 0. The van der Waals surface area contributed by atoms with Crippen molar-refractivity contribution in [1.29, 1.82) is 15.8 Å². The Morgan fingerprint density at radius 2 is 1.06 bits per heavy atom. The van der Waals surface area contributed by atoms with Crippen LogP contribution < -0.4 is 0 Å². The number of alkyl halides is 6. The molecule has 0 heterocycles. The first-order chi connectivity index (χ1) is 22.6. The third-order valence-corrected chi connectivity index (χ3v) is 7.73. The summed E-state index contributed by atoms with van der Waals surface area (Å²) in [6.45, 7) is 27.0. The first-order valence-electron chi connectivity index (χ1n) is 13.5. The molecule has 0 aromatic heterocycles. The minimum absolute atomic E-state index is 0.0322. The van der Waals surface area contributed by atoms with Crippen molar-refractivity contribution in [2.45, 2.75) is 26.2 Å². The Bertz CT molecular complexity index is 2310. The van der Waals surface area contributed by atoms with E-state index in [4.69, 9.17) is 19.7 Å². The zero-order valence-corrected chi connectivity index (χ0v) is 24.6. The molecule has 6 nitrogen and oxygen atoms in total. The van der Waals surface area contributed by atoms with Gasteiger partial charge in [0.15, 0.2) is 0 Å². The minimum atomic E-state index is -5.23. The van der Waals surface area contributed by atoms with Crippen LogP contribution in [0.5, 0.6) is 0 Å². The van der Waals surface area contributed by atoms with Gasteiger partial charge in [-0.2, -0.15) is 31.6 Å². The lowest BCUT2D eigenvalue weighted by atomic mass is 9.91. The molecular weight excluding hydrogens is 630 g/mol. The van der Waals surface area contributed by atoms with Crippen LogP contribution in [0.3, 0.4) is 0 Å². The highest BCUT2D eigenvalue weighted by Gasteiger charge is 2.40. The van der Waals surface area contributed by atoms with Crippen LogP contribution in [0.1, 0.15) is 55.6 Å². The zero-order chi connectivity index (χ0) is 35.3. The maximum absolute atomic E-state index is 13.9. The number of halogens is 6. The van der Waals surface area contributed by atoms with Gasteiger partial charge in [0.2, 0.25) is 5.70 Å². The van der Waals surface area contributed by atoms with Gasteiger partial charge in [-0.3, -0.25) is 0 Å². The van der Waals surface area contributed by atoms with E-state index in [0.29, 0.717) is 17.7 Å². The summed E-state index contributed by atoms with van der Waals surface area (Å²) in [7, 11) is 0. The molecule has 2 aliphatic rings. The summed E-state index contributed by atoms with van der Waals surface area (Å²) in [5, 5.41) is 30.2. The monoisotopic (exact) mass is 644 g/mol. The van der Waals surface area contributed by atoms with Crippen molar-refractivity contribution in [1.82, 2.24) is 0 Å². The SMILES string of the molecule is [C-]#[N+]C(C#N)=C1C(c2cc(C)cc(C)c2)=C([N+]#[C-])c2cc3c(cc21)C(C#N)=C(c1cc(C(F)(F)F)cc(C(F)(F)F)c1)/C3=C(\C#N)[N+]#[C-]. The number of hydrogen-bond acceptors (Lipinski definition) is 3. The number of hydrogen-bond donors (Lipinski definition) is 0. The predicted molar refractivity (Wildman–Crippen MR) is 163 cm³/mol. The predicted octanol–water partition coefficient (Wildman–Crippen LogP) is 9.90. The number of nitriles is 3. The van der Waals surface area contributed by atoms with Crippen molar-refractivity contribution >= 4 is 33.6 Å². The fraction of sp³-hybridized carbons (Fsp3) is 0.111. The van der Waals surface area contributed by atoms with E-state index in [9.17, 15) is 42.1 Å². The van der Waals surface area contributed by atoms with Crippen LogP contribution in [0.25, 0.3) is 48.1 Å². The van der Waals surface area contributed by atoms with Gasteiger partial charge in [-0.1, -0.05) is 35.4 Å². The first kappa shape index (κ1) is 32.5. The van der Waals surface area contributed by atoms with Gasteiger partial charge in [0.25, 0.3) is 11.4 Å². The lowest BCUT2D eigenvalue weighted by Crippen LogP contribution is -2.11. The van der Waals surface area contributed by atoms with Crippen LogP contribution in [-0.2, 0) is 12.4 Å². The van der Waals surface area contributed by atoms with Crippen molar-refractivity contribution in [3.05, 3.63) is 150 Å². The van der Waals surface area contributed by atoms with Gasteiger partial charge in [-0.15, -0.1) is 0 Å². The van der Waals surface area contributed by atoms with Crippen LogP contribution in [0.15, 0.2) is 59.9 Å². The van der Waals surface area contributed by atoms with Crippen LogP contribution in [0, 0.1) is 67.6 Å². The van der Waals surface area contributed by atoms with Crippen molar-refractivity contribution in [2.24, 2.45) is 0 Å².